The summed E-state index contributed by atoms with van der Waals surface area (Å²) in [6, 6.07) is 0.831. The molecule has 3 aliphatic carbocycles. The van der Waals surface area contributed by atoms with Gasteiger partial charge in [0.2, 0.25) is 0 Å². The Kier molecular flexibility index (Phi) is 4.91. The lowest BCUT2D eigenvalue weighted by Gasteiger charge is -2.33. The number of carbonyl (C=O) groups excluding carboxylic acids is 1. The van der Waals surface area contributed by atoms with Crippen molar-refractivity contribution in [3.63, 3.8) is 0 Å². The fourth-order valence-corrected chi connectivity index (χ4v) is 5.37. The summed E-state index contributed by atoms with van der Waals surface area (Å²) in [4.78, 5) is 11.9. The Morgan fingerprint density at radius 1 is 1.17 bits per heavy atom. The number of fused-ring (bicyclic) bond motifs is 5. The van der Waals surface area contributed by atoms with Gasteiger partial charge in [-0.1, -0.05) is 13.3 Å². The van der Waals surface area contributed by atoms with E-state index in [0.29, 0.717) is 6.04 Å². The molecule has 0 radical (unpaired) electrons. The first-order chi connectivity index (χ1) is 10.9. The summed E-state index contributed by atoms with van der Waals surface area (Å²) in [5.41, 5.74) is -0.433. The summed E-state index contributed by atoms with van der Waals surface area (Å²) in [5, 5.41) is 6.79. The fraction of sp³-hybridized carbons (Fsp3) is 0.947. The standard InChI is InChI=1S/C19H34N2O2/c1-5-13(21-18(22)23-19(2,3)4)11-20-17-10-12-9-16(17)15-8-6-7-14(12)15/h12-17,20H,5-11H2,1-4H3,(H,21,22). The third-order valence-electron chi connectivity index (χ3n) is 6.27. The van der Waals surface area contributed by atoms with E-state index in [4.69, 9.17) is 4.74 Å². The molecule has 3 fully saturated rings. The zero-order chi connectivity index (χ0) is 16.6. The minimum atomic E-state index is -0.433. The molecule has 3 saturated carbocycles. The molecule has 0 spiro atoms. The van der Waals surface area contributed by atoms with Gasteiger partial charge >= 0.3 is 6.09 Å². The zero-order valence-electron chi connectivity index (χ0n) is 15.2. The van der Waals surface area contributed by atoms with Gasteiger partial charge in [-0.15, -0.1) is 0 Å². The first-order valence-electron chi connectivity index (χ1n) is 9.60. The van der Waals surface area contributed by atoms with E-state index in [-0.39, 0.29) is 12.1 Å². The zero-order valence-corrected chi connectivity index (χ0v) is 15.2. The predicted molar refractivity (Wildman–Crippen MR) is 92.3 cm³/mol. The number of rotatable bonds is 5. The SMILES string of the molecule is CCC(CNC1CC2CC1C1CCCC21)NC(=O)OC(C)(C)C. The van der Waals surface area contributed by atoms with Crippen LogP contribution >= 0.6 is 0 Å². The molecule has 4 nitrogen and oxygen atoms in total. The molecule has 0 aromatic carbocycles. The molecule has 2 N–H and O–H groups in total. The summed E-state index contributed by atoms with van der Waals surface area (Å²) in [5.74, 6) is 3.90. The molecule has 132 valence electrons. The van der Waals surface area contributed by atoms with Crippen LogP contribution in [-0.4, -0.2) is 30.3 Å². The molecule has 3 aliphatic rings. The maximum absolute atomic E-state index is 11.9. The second kappa shape index (κ2) is 6.62. The van der Waals surface area contributed by atoms with Crippen molar-refractivity contribution in [2.75, 3.05) is 6.54 Å². The quantitative estimate of drug-likeness (QED) is 0.811. The van der Waals surface area contributed by atoms with Gasteiger partial charge in [0.1, 0.15) is 5.60 Å². The van der Waals surface area contributed by atoms with Crippen LogP contribution in [0.2, 0.25) is 0 Å². The molecule has 0 aromatic rings. The second-order valence-corrected chi connectivity index (χ2v) is 8.92. The van der Waals surface area contributed by atoms with Crippen molar-refractivity contribution < 1.29 is 9.53 Å². The van der Waals surface area contributed by atoms with Crippen LogP contribution in [0.25, 0.3) is 0 Å². The number of nitrogens with one attached hydrogen (secondary N) is 2. The van der Waals surface area contributed by atoms with Gasteiger partial charge in [0.25, 0.3) is 0 Å². The number of alkyl carbamates (subject to hydrolysis) is 1. The number of amides is 1. The van der Waals surface area contributed by atoms with Crippen LogP contribution in [0, 0.1) is 23.7 Å². The van der Waals surface area contributed by atoms with E-state index in [9.17, 15) is 4.79 Å². The maximum atomic E-state index is 11.9. The lowest BCUT2D eigenvalue weighted by Crippen LogP contribution is -2.48. The first-order valence-corrected chi connectivity index (χ1v) is 9.60. The lowest BCUT2D eigenvalue weighted by atomic mass is 9.79. The van der Waals surface area contributed by atoms with Crippen LogP contribution in [0.15, 0.2) is 0 Å². The van der Waals surface area contributed by atoms with Crippen molar-refractivity contribution in [3.05, 3.63) is 0 Å². The number of ether oxygens (including phenoxy) is 1. The van der Waals surface area contributed by atoms with E-state index < -0.39 is 5.60 Å². The average molecular weight is 322 g/mol. The Hall–Kier alpha value is -0.770. The molecule has 0 heterocycles. The Balaban J connectivity index is 1.45. The minimum absolute atomic E-state index is 0.156. The van der Waals surface area contributed by atoms with E-state index in [1.807, 2.05) is 20.8 Å². The normalized spacial score (nSPS) is 36.8. The van der Waals surface area contributed by atoms with E-state index in [2.05, 4.69) is 17.6 Å². The van der Waals surface area contributed by atoms with Crippen LogP contribution in [-0.2, 0) is 4.74 Å². The van der Waals surface area contributed by atoms with Gasteiger partial charge in [-0.05, 0) is 76.5 Å². The lowest BCUT2D eigenvalue weighted by molar-refractivity contribution is 0.0500. The monoisotopic (exact) mass is 322 g/mol. The number of hydrogen-bond donors (Lipinski definition) is 2. The Morgan fingerprint density at radius 3 is 2.61 bits per heavy atom. The number of hydrogen-bond acceptors (Lipinski definition) is 3. The van der Waals surface area contributed by atoms with Crippen molar-refractivity contribution in [2.45, 2.75) is 83.9 Å². The topological polar surface area (TPSA) is 50.4 Å². The molecule has 23 heavy (non-hydrogen) atoms. The third-order valence-corrected chi connectivity index (χ3v) is 6.27. The highest BCUT2D eigenvalue weighted by molar-refractivity contribution is 5.68. The van der Waals surface area contributed by atoms with Crippen molar-refractivity contribution in [2.24, 2.45) is 23.7 Å². The molecule has 0 saturated heterocycles. The molecular weight excluding hydrogens is 288 g/mol. The Labute approximate surface area is 141 Å². The predicted octanol–water partition coefficient (Wildman–Crippen LogP) is 3.70. The van der Waals surface area contributed by atoms with Gasteiger partial charge in [0.05, 0.1) is 0 Å². The molecule has 0 aliphatic heterocycles. The van der Waals surface area contributed by atoms with Crippen molar-refractivity contribution >= 4 is 6.09 Å². The maximum Gasteiger partial charge on any atom is 0.407 e. The molecule has 1 amide bonds. The summed E-state index contributed by atoms with van der Waals surface area (Å²) in [6.07, 6.45) is 7.83. The van der Waals surface area contributed by atoms with Crippen LogP contribution in [0.1, 0.15) is 66.2 Å². The molecule has 6 atom stereocenters. The van der Waals surface area contributed by atoms with Crippen molar-refractivity contribution in [3.8, 4) is 0 Å². The molecule has 3 rings (SSSR count). The largest absolute Gasteiger partial charge is 0.444 e. The Bertz CT molecular complexity index is 432. The molecule has 0 aromatic heterocycles. The van der Waals surface area contributed by atoms with E-state index in [1.54, 1.807) is 0 Å². The highest BCUT2D eigenvalue weighted by Crippen LogP contribution is 2.58. The van der Waals surface area contributed by atoms with Gasteiger partial charge in [-0.25, -0.2) is 4.79 Å². The number of carbonyl (C=O) groups is 1. The average Bonchev–Trinajstić information content (AvgIpc) is 3.12. The van der Waals surface area contributed by atoms with Crippen LogP contribution in [0.5, 0.6) is 0 Å². The van der Waals surface area contributed by atoms with Crippen LogP contribution in [0.3, 0.4) is 0 Å². The van der Waals surface area contributed by atoms with Gasteiger partial charge < -0.3 is 15.4 Å². The summed E-state index contributed by atoms with van der Waals surface area (Å²) >= 11 is 0. The first kappa shape index (κ1) is 17.1. The molecular formula is C19H34N2O2. The van der Waals surface area contributed by atoms with E-state index >= 15 is 0 Å². The highest BCUT2D eigenvalue weighted by atomic mass is 16.6. The summed E-state index contributed by atoms with van der Waals surface area (Å²) in [7, 11) is 0. The Morgan fingerprint density at radius 2 is 1.91 bits per heavy atom. The van der Waals surface area contributed by atoms with Gasteiger partial charge in [-0.2, -0.15) is 0 Å². The molecule has 2 bridgehead atoms. The van der Waals surface area contributed by atoms with Crippen LogP contribution < -0.4 is 10.6 Å². The summed E-state index contributed by atoms with van der Waals surface area (Å²) < 4.78 is 5.37. The summed E-state index contributed by atoms with van der Waals surface area (Å²) in [6.45, 7) is 8.69. The smallest absolute Gasteiger partial charge is 0.407 e. The highest BCUT2D eigenvalue weighted by Gasteiger charge is 2.53. The van der Waals surface area contributed by atoms with Crippen LogP contribution in [0.4, 0.5) is 4.79 Å². The van der Waals surface area contributed by atoms with Gasteiger partial charge in [0, 0.05) is 18.6 Å². The van der Waals surface area contributed by atoms with Crippen molar-refractivity contribution in [1.29, 1.82) is 0 Å². The third kappa shape index (κ3) is 3.84. The van der Waals surface area contributed by atoms with E-state index in [1.165, 1.54) is 32.1 Å². The molecule has 6 unspecified atom stereocenters. The molecule has 4 heteroatoms. The van der Waals surface area contributed by atoms with E-state index in [0.717, 1.165) is 36.6 Å². The van der Waals surface area contributed by atoms with Crippen molar-refractivity contribution in [1.82, 2.24) is 10.6 Å². The van der Waals surface area contributed by atoms with Gasteiger partial charge in [-0.3, -0.25) is 0 Å². The fourth-order valence-electron chi connectivity index (χ4n) is 5.37. The van der Waals surface area contributed by atoms with Gasteiger partial charge in [0.15, 0.2) is 0 Å². The second-order valence-electron chi connectivity index (χ2n) is 8.92. The minimum Gasteiger partial charge on any atom is -0.444 e.